The summed E-state index contributed by atoms with van der Waals surface area (Å²) < 4.78 is 5.74. The summed E-state index contributed by atoms with van der Waals surface area (Å²) in [6, 6.07) is 20.8. The first kappa shape index (κ1) is 27.9. The van der Waals surface area contributed by atoms with Crippen LogP contribution in [0, 0.1) is 0 Å². The zero-order valence-corrected chi connectivity index (χ0v) is 22.7. The van der Waals surface area contributed by atoms with Crippen LogP contribution in [0.1, 0.15) is 31.9 Å². The van der Waals surface area contributed by atoms with E-state index in [0.717, 1.165) is 11.1 Å². The van der Waals surface area contributed by atoms with E-state index in [2.05, 4.69) is 5.32 Å². The zero-order chi connectivity index (χ0) is 26.3. The number of nitrogens with one attached hydrogen (secondary N) is 1. The number of ether oxygens (including phenoxy) is 1. The molecule has 8 heteroatoms. The van der Waals surface area contributed by atoms with Gasteiger partial charge in [0.05, 0.1) is 10.0 Å². The minimum absolute atomic E-state index is 0.143. The van der Waals surface area contributed by atoms with Crippen molar-refractivity contribution in [2.75, 3.05) is 6.61 Å². The number of benzene rings is 3. The van der Waals surface area contributed by atoms with Crippen molar-refractivity contribution in [2.24, 2.45) is 0 Å². The van der Waals surface area contributed by atoms with Gasteiger partial charge in [0.1, 0.15) is 11.8 Å². The highest BCUT2D eigenvalue weighted by molar-refractivity contribution is 6.42. The number of hydrogen-bond donors (Lipinski definition) is 1. The molecule has 3 aromatic rings. The van der Waals surface area contributed by atoms with E-state index in [1.807, 2.05) is 51.1 Å². The fraction of sp³-hybridized carbons (Fsp3) is 0.286. The highest BCUT2D eigenvalue weighted by Crippen LogP contribution is 2.25. The summed E-state index contributed by atoms with van der Waals surface area (Å²) >= 11 is 18.4. The molecule has 36 heavy (non-hydrogen) atoms. The molecule has 0 aromatic heterocycles. The molecule has 0 bridgehead atoms. The van der Waals surface area contributed by atoms with Crippen LogP contribution in [0.5, 0.6) is 5.75 Å². The lowest BCUT2D eigenvalue weighted by Crippen LogP contribution is -2.55. The van der Waals surface area contributed by atoms with Crippen LogP contribution in [0.25, 0.3) is 0 Å². The Bertz CT molecular complexity index is 1200. The Morgan fingerprint density at radius 1 is 0.889 bits per heavy atom. The summed E-state index contributed by atoms with van der Waals surface area (Å²) in [6.45, 7) is 5.58. The van der Waals surface area contributed by atoms with Gasteiger partial charge in [-0.1, -0.05) is 77.3 Å². The van der Waals surface area contributed by atoms with Crippen molar-refractivity contribution < 1.29 is 14.3 Å². The van der Waals surface area contributed by atoms with Gasteiger partial charge < -0.3 is 15.0 Å². The van der Waals surface area contributed by atoms with Crippen LogP contribution in [0.2, 0.25) is 15.1 Å². The van der Waals surface area contributed by atoms with Gasteiger partial charge in [0.15, 0.2) is 6.61 Å². The quantitative estimate of drug-likeness (QED) is 0.329. The van der Waals surface area contributed by atoms with Crippen molar-refractivity contribution in [3.63, 3.8) is 0 Å². The zero-order valence-electron chi connectivity index (χ0n) is 20.4. The Morgan fingerprint density at radius 3 is 2.25 bits per heavy atom. The molecule has 3 rings (SSSR count). The van der Waals surface area contributed by atoms with Crippen molar-refractivity contribution in [1.82, 2.24) is 10.2 Å². The molecule has 2 amide bonds. The Labute approximate surface area is 227 Å². The standard InChI is InChI=1S/C28H29Cl3N2O3/c1-28(2,3)32-27(35)25(15-19-8-5-4-6-9-19)33(17-20-12-13-23(30)24(31)14-20)26(34)18-36-22-11-7-10-21(29)16-22/h4-14,16,25H,15,17-18H2,1-3H3,(H,32,35)/t25-/m0/s1. The van der Waals surface area contributed by atoms with E-state index in [-0.39, 0.29) is 25.0 Å². The monoisotopic (exact) mass is 546 g/mol. The smallest absolute Gasteiger partial charge is 0.261 e. The van der Waals surface area contributed by atoms with E-state index in [9.17, 15) is 9.59 Å². The van der Waals surface area contributed by atoms with Crippen LogP contribution in [0.15, 0.2) is 72.8 Å². The molecule has 3 aromatic carbocycles. The van der Waals surface area contributed by atoms with E-state index < -0.39 is 11.6 Å². The van der Waals surface area contributed by atoms with Crippen molar-refractivity contribution in [3.05, 3.63) is 99.0 Å². The Kier molecular flexibility index (Phi) is 9.66. The van der Waals surface area contributed by atoms with Crippen molar-refractivity contribution >= 4 is 46.6 Å². The number of amides is 2. The summed E-state index contributed by atoms with van der Waals surface area (Å²) in [4.78, 5) is 28.6. The maximum absolute atomic E-state index is 13.6. The molecule has 0 saturated carbocycles. The third-order valence-corrected chi connectivity index (χ3v) is 6.24. The molecule has 0 aliphatic heterocycles. The highest BCUT2D eigenvalue weighted by atomic mass is 35.5. The fourth-order valence-electron chi connectivity index (χ4n) is 3.63. The van der Waals surface area contributed by atoms with E-state index in [1.165, 1.54) is 4.90 Å². The Hall–Kier alpha value is -2.73. The first-order valence-electron chi connectivity index (χ1n) is 11.5. The number of hydrogen-bond acceptors (Lipinski definition) is 3. The summed E-state index contributed by atoms with van der Waals surface area (Å²) in [5.41, 5.74) is 1.18. The molecule has 0 aliphatic carbocycles. The number of carbonyl (C=O) groups is 2. The molecular formula is C28H29Cl3N2O3. The maximum atomic E-state index is 13.6. The second-order valence-corrected chi connectivity index (χ2v) is 10.7. The van der Waals surface area contributed by atoms with Gasteiger partial charge in [-0.05, 0) is 62.2 Å². The van der Waals surface area contributed by atoms with Crippen LogP contribution in [-0.2, 0) is 22.6 Å². The molecule has 0 fully saturated rings. The third-order valence-electron chi connectivity index (χ3n) is 5.26. The van der Waals surface area contributed by atoms with Crippen LogP contribution < -0.4 is 10.1 Å². The minimum Gasteiger partial charge on any atom is -0.484 e. The molecule has 5 nitrogen and oxygen atoms in total. The van der Waals surface area contributed by atoms with Gasteiger partial charge in [0.2, 0.25) is 5.91 Å². The Balaban J connectivity index is 1.95. The lowest BCUT2D eigenvalue weighted by molar-refractivity contribution is -0.143. The van der Waals surface area contributed by atoms with Gasteiger partial charge in [-0.3, -0.25) is 9.59 Å². The maximum Gasteiger partial charge on any atom is 0.261 e. The topological polar surface area (TPSA) is 58.6 Å². The molecule has 0 spiro atoms. The Morgan fingerprint density at radius 2 is 1.61 bits per heavy atom. The second kappa shape index (κ2) is 12.5. The molecule has 1 atom stereocenters. The van der Waals surface area contributed by atoms with E-state index in [4.69, 9.17) is 39.5 Å². The van der Waals surface area contributed by atoms with Crippen molar-refractivity contribution in [2.45, 2.75) is 45.3 Å². The SMILES string of the molecule is CC(C)(C)NC(=O)[C@H](Cc1ccccc1)N(Cc1ccc(Cl)c(Cl)c1)C(=O)COc1cccc(Cl)c1. The molecular weight excluding hydrogens is 519 g/mol. The average molecular weight is 548 g/mol. The molecule has 190 valence electrons. The molecule has 0 aliphatic rings. The van der Waals surface area contributed by atoms with Gasteiger partial charge >= 0.3 is 0 Å². The largest absolute Gasteiger partial charge is 0.484 e. The molecule has 1 N–H and O–H groups in total. The molecule has 0 radical (unpaired) electrons. The summed E-state index contributed by atoms with van der Waals surface area (Å²) in [5.74, 6) is -0.155. The van der Waals surface area contributed by atoms with Gasteiger partial charge in [0.25, 0.3) is 5.91 Å². The van der Waals surface area contributed by atoms with E-state index >= 15 is 0 Å². The van der Waals surface area contributed by atoms with Crippen molar-refractivity contribution in [3.8, 4) is 5.75 Å². The molecule has 0 unspecified atom stereocenters. The average Bonchev–Trinajstić information content (AvgIpc) is 2.81. The van der Waals surface area contributed by atoms with Crippen molar-refractivity contribution in [1.29, 1.82) is 0 Å². The van der Waals surface area contributed by atoms with Gasteiger partial charge in [-0.25, -0.2) is 0 Å². The third kappa shape index (κ3) is 8.44. The van der Waals surface area contributed by atoms with Gasteiger partial charge in [-0.15, -0.1) is 0 Å². The lowest BCUT2D eigenvalue weighted by atomic mass is 10.0. The van der Waals surface area contributed by atoms with Crippen LogP contribution in [0.3, 0.4) is 0 Å². The van der Waals surface area contributed by atoms with Gasteiger partial charge in [0, 0.05) is 23.5 Å². The second-order valence-electron chi connectivity index (χ2n) is 9.46. The highest BCUT2D eigenvalue weighted by Gasteiger charge is 2.32. The van der Waals surface area contributed by atoms with Crippen LogP contribution in [-0.4, -0.2) is 34.9 Å². The first-order valence-corrected chi connectivity index (χ1v) is 12.6. The predicted octanol–water partition coefficient (Wildman–Crippen LogP) is 6.58. The predicted molar refractivity (Wildman–Crippen MR) is 146 cm³/mol. The summed E-state index contributed by atoms with van der Waals surface area (Å²) in [6.07, 6.45) is 0.326. The fourth-order valence-corrected chi connectivity index (χ4v) is 4.13. The van der Waals surface area contributed by atoms with Crippen LogP contribution in [0.4, 0.5) is 0 Å². The summed E-state index contributed by atoms with van der Waals surface area (Å²) in [7, 11) is 0. The molecule has 0 heterocycles. The number of rotatable bonds is 9. The first-order chi connectivity index (χ1) is 17.0. The normalized spacial score (nSPS) is 12.1. The molecule has 0 saturated heterocycles. The van der Waals surface area contributed by atoms with E-state index in [1.54, 1.807) is 42.5 Å². The number of halogens is 3. The van der Waals surface area contributed by atoms with Gasteiger partial charge in [-0.2, -0.15) is 0 Å². The van der Waals surface area contributed by atoms with Crippen LogP contribution >= 0.6 is 34.8 Å². The summed E-state index contributed by atoms with van der Waals surface area (Å²) in [5, 5.41) is 4.31. The minimum atomic E-state index is -0.795. The number of carbonyl (C=O) groups excluding carboxylic acids is 2. The van der Waals surface area contributed by atoms with E-state index in [0.29, 0.717) is 27.2 Å². The number of nitrogens with zero attached hydrogens (tertiary/aromatic N) is 1. The lowest BCUT2D eigenvalue weighted by Gasteiger charge is -2.33.